The first-order valence-corrected chi connectivity index (χ1v) is 4.49. The van der Waals surface area contributed by atoms with Crippen LogP contribution in [0.25, 0.3) is 0 Å². The van der Waals surface area contributed by atoms with Crippen molar-refractivity contribution < 1.29 is 14.0 Å². The lowest BCUT2D eigenvalue weighted by molar-refractivity contribution is -0.117. The average Bonchev–Trinajstić information content (AvgIpc) is 2.28. The van der Waals surface area contributed by atoms with Gasteiger partial charge in [-0.15, -0.1) is 0 Å². The Balaban J connectivity index is 2.51. The molecule has 1 aliphatic heterocycles. The van der Waals surface area contributed by atoms with Gasteiger partial charge in [0.2, 0.25) is 5.91 Å². The number of carbonyl (C=O) groups excluding carboxylic acids is 2. The first-order chi connectivity index (χ1) is 7.08. The molecular weight excluding hydrogens is 199 g/mol. The van der Waals surface area contributed by atoms with E-state index in [2.05, 4.69) is 10.6 Å². The molecule has 2 N–H and O–H groups in total. The van der Waals surface area contributed by atoms with Crippen molar-refractivity contribution in [1.29, 1.82) is 0 Å². The lowest BCUT2D eigenvalue weighted by atomic mass is 10.1. The maximum atomic E-state index is 12.9. The number of amides is 2. The Hall–Kier alpha value is -1.91. The van der Waals surface area contributed by atoms with Crippen LogP contribution in [-0.2, 0) is 4.79 Å². The van der Waals surface area contributed by atoms with Gasteiger partial charge in [0.15, 0.2) is 0 Å². The number of fused-ring (bicyclic) bond motifs is 1. The molecule has 1 heterocycles. The van der Waals surface area contributed by atoms with Crippen molar-refractivity contribution in [1.82, 2.24) is 5.32 Å². The van der Waals surface area contributed by atoms with E-state index in [0.717, 1.165) is 6.07 Å². The van der Waals surface area contributed by atoms with Gasteiger partial charge < -0.3 is 10.6 Å². The van der Waals surface area contributed by atoms with Gasteiger partial charge in [-0.25, -0.2) is 4.39 Å². The zero-order valence-electron chi connectivity index (χ0n) is 8.00. The Bertz CT molecular complexity index is 445. The maximum absolute atomic E-state index is 12.9. The average molecular weight is 208 g/mol. The van der Waals surface area contributed by atoms with Gasteiger partial charge in [-0.1, -0.05) is 0 Å². The van der Waals surface area contributed by atoms with Crippen LogP contribution in [0.2, 0.25) is 0 Å². The molecule has 1 aromatic rings. The summed E-state index contributed by atoms with van der Waals surface area (Å²) in [6, 6.07) is 3.05. The highest BCUT2D eigenvalue weighted by Crippen LogP contribution is 2.19. The zero-order chi connectivity index (χ0) is 11.0. The summed E-state index contributed by atoms with van der Waals surface area (Å²) in [6.07, 6.45) is 0. The Morgan fingerprint density at radius 2 is 2.07 bits per heavy atom. The molecule has 0 spiro atoms. The summed E-state index contributed by atoms with van der Waals surface area (Å²) >= 11 is 0. The lowest BCUT2D eigenvalue weighted by Gasteiger charge is -2.06. The van der Waals surface area contributed by atoms with Crippen molar-refractivity contribution in [2.75, 3.05) is 5.32 Å². The summed E-state index contributed by atoms with van der Waals surface area (Å²) in [5.74, 6) is -1.27. The van der Waals surface area contributed by atoms with Crippen LogP contribution < -0.4 is 10.6 Å². The number of anilines is 1. The van der Waals surface area contributed by atoms with Gasteiger partial charge in [0, 0.05) is 0 Å². The van der Waals surface area contributed by atoms with E-state index in [1.165, 1.54) is 12.1 Å². The van der Waals surface area contributed by atoms with Gasteiger partial charge in [-0.2, -0.15) is 0 Å². The maximum Gasteiger partial charge on any atom is 0.254 e. The molecule has 0 saturated heterocycles. The van der Waals surface area contributed by atoms with Crippen LogP contribution in [0.15, 0.2) is 18.2 Å². The fourth-order valence-corrected chi connectivity index (χ4v) is 1.39. The molecule has 0 fully saturated rings. The number of hydrogen-bond acceptors (Lipinski definition) is 2. The van der Waals surface area contributed by atoms with Crippen molar-refractivity contribution in [3.63, 3.8) is 0 Å². The summed E-state index contributed by atoms with van der Waals surface area (Å²) in [5.41, 5.74) is 0.482. The summed E-state index contributed by atoms with van der Waals surface area (Å²) in [6.45, 7) is 1.56. The predicted octanol–water partition coefficient (Wildman–Crippen LogP) is 0.896. The van der Waals surface area contributed by atoms with E-state index in [9.17, 15) is 14.0 Å². The summed E-state index contributed by atoms with van der Waals surface area (Å²) < 4.78 is 12.9. The highest BCUT2D eigenvalue weighted by Gasteiger charge is 2.24. The minimum atomic E-state index is -0.618. The second-order valence-corrected chi connectivity index (χ2v) is 3.37. The zero-order valence-corrected chi connectivity index (χ0v) is 8.00. The lowest BCUT2D eigenvalue weighted by Crippen LogP contribution is -2.38. The number of nitrogens with one attached hydrogen (secondary N) is 2. The van der Waals surface area contributed by atoms with Crippen molar-refractivity contribution in [2.45, 2.75) is 13.0 Å². The van der Waals surface area contributed by atoms with E-state index in [-0.39, 0.29) is 11.5 Å². The molecule has 1 aromatic carbocycles. The molecule has 5 heteroatoms. The van der Waals surface area contributed by atoms with Gasteiger partial charge in [-0.05, 0) is 25.1 Å². The van der Waals surface area contributed by atoms with Gasteiger partial charge >= 0.3 is 0 Å². The minimum absolute atomic E-state index is 0.146. The summed E-state index contributed by atoms with van der Waals surface area (Å²) in [5, 5.41) is 5.00. The molecule has 0 saturated carbocycles. The van der Waals surface area contributed by atoms with Crippen molar-refractivity contribution in [2.24, 2.45) is 0 Å². The number of halogens is 1. The molecule has 1 atom stereocenters. The second kappa shape index (κ2) is 3.34. The Labute approximate surface area is 85.5 Å². The fourth-order valence-electron chi connectivity index (χ4n) is 1.39. The fraction of sp³-hybridized carbons (Fsp3) is 0.200. The Morgan fingerprint density at radius 1 is 1.33 bits per heavy atom. The van der Waals surface area contributed by atoms with Gasteiger partial charge in [0.1, 0.15) is 11.9 Å². The molecule has 0 radical (unpaired) electrons. The third kappa shape index (κ3) is 1.68. The van der Waals surface area contributed by atoms with Gasteiger partial charge in [0.25, 0.3) is 5.91 Å². The molecule has 0 aromatic heterocycles. The van der Waals surface area contributed by atoms with E-state index in [4.69, 9.17) is 0 Å². The molecule has 4 nitrogen and oxygen atoms in total. The van der Waals surface area contributed by atoms with E-state index in [1.807, 2.05) is 0 Å². The third-order valence-corrected chi connectivity index (χ3v) is 2.22. The largest absolute Gasteiger partial charge is 0.340 e. The van der Waals surface area contributed by atoms with Crippen LogP contribution in [-0.4, -0.2) is 17.9 Å². The predicted molar refractivity (Wildman–Crippen MR) is 52.0 cm³/mol. The van der Waals surface area contributed by atoms with Crippen molar-refractivity contribution in [3.8, 4) is 0 Å². The number of hydrogen-bond donors (Lipinski definition) is 2. The molecule has 0 aliphatic carbocycles. The van der Waals surface area contributed by atoms with Crippen LogP contribution in [0.4, 0.5) is 10.1 Å². The minimum Gasteiger partial charge on any atom is -0.340 e. The number of benzene rings is 1. The van der Waals surface area contributed by atoms with Crippen LogP contribution in [0.5, 0.6) is 0 Å². The smallest absolute Gasteiger partial charge is 0.254 e. The topological polar surface area (TPSA) is 58.2 Å². The van der Waals surface area contributed by atoms with Gasteiger partial charge in [0.05, 0.1) is 11.3 Å². The van der Waals surface area contributed by atoms with E-state index in [0.29, 0.717) is 5.69 Å². The molecule has 1 aliphatic rings. The quantitative estimate of drug-likeness (QED) is 0.665. The SMILES string of the molecule is C[C@@H]1NC(=O)c2cc(F)ccc2NC1=O. The molecule has 2 rings (SSSR count). The normalized spacial score (nSPS) is 20.0. The first kappa shape index (κ1) is 9.64. The molecular formula is C10H9FN2O2. The van der Waals surface area contributed by atoms with Crippen LogP contribution in [0, 0.1) is 5.82 Å². The summed E-state index contributed by atoms with van der Waals surface area (Å²) in [4.78, 5) is 22.9. The van der Waals surface area contributed by atoms with Crippen LogP contribution >= 0.6 is 0 Å². The van der Waals surface area contributed by atoms with Crippen molar-refractivity contribution >= 4 is 17.5 Å². The first-order valence-electron chi connectivity index (χ1n) is 4.49. The molecule has 78 valence electrons. The highest BCUT2D eigenvalue weighted by atomic mass is 19.1. The number of carbonyl (C=O) groups is 2. The standard InChI is InChI=1S/C10H9FN2O2/c1-5-9(14)13-8-3-2-6(11)4-7(8)10(15)12-5/h2-5H,1H3,(H,12,15)(H,13,14)/t5-/m0/s1. The van der Waals surface area contributed by atoms with Crippen LogP contribution in [0.3, 0.4) is 0 Å². The summed E-state index contributed by atoms with van der Waals surface area (Å²) in [7, 11) is 0. The Morgan fingerprint density at radius 3 is 2.80 bits per heavy atom. The molecule has 0 unspecified atom stereocenters. The second-order valence-electron chi connectivity index (χ2n) is 3.37. The Kier molecular flexibility index (Phi) is 2.15. The monoisotopic (exact) mass is 208 g/mol. The van der Waals surface area contributed by atoms with E-state index in [1.54, 1.807) is 6.92 Å². The van der Waals surface area contributed by atoms with Gasteiger partial charge in [-0.3, -0.25) is 9.59 Å². The highest BCUT2D eigenvalue weighted by molar-refractivity contribution is 6.09. The van der Waals surface area contributed by atoms with E-state index >= 15 is 0 Å². The van der Waals surface area contributed by atoms with E-state index < -0.39 is 17.8 Å². The van der Waals surface area contributed by atoms with Crippen molar-refractivity contribution in [3.05, 3.63) is 29.6 Å². The van der Waals surface area contributed by atoms with Crippen LogP contribution in [0.1, 0.15) is 17.3 Å². The third-order valence-electron chi connectivity index (χ3n) is 2.22. The molecule has 15 heavy (non-hydrogen) atoms. The number of rotatable bonds is 0. The molecule has 2 amide bonds. The molecule has 0 bridgehead atoms.